The summed E-state index contributed by atoms with van der Waals surface area (Å²) in [6.07, 6.45) is 1.38. The van der Waals surface area contributed by atoms with Gasteiger partial charge in [0.2, 0.25) is 0 Å². The topological polar surface area (TPSA) is 70.8 Å². The lowest BCUT2D eigenvalue weighted by atomic mass is 9.97. The third-order valence-corrected chi connectivity index (χ3v) is 6.32. The van der Waals surface area contributed by atoms with Crippen LogP contribution in [0.15, 0.2) is 42.5 Å². The Hall–Kier alpha value is -2.72. The van der Waals surface area contributed by atoms with Crippen LogP contribution in [0.3, 0.4) is 0 Å². The van der Waals surface area contributed by atoms with E-state index in [0.29, 0.717) is 30.6 Å². The zero-order chi connectivity index (χ0) is 21.8. The third-order valence-electron chi connectivity index (χ3n) is 6.32. The van der Waals surface area contributed by atoms with Crippen molar-refractivity contribution >= 4 is 5.91 Å². The van der Waals surface area contributed by atoms with Crippen molar-refractivity contribution in [2.24, 2.45) is 0 Å². The first-order valence-corrected chi connectivity index (χ1v) is 11.0. The van der Waals surface area contributed by atoms with Crippen molar-refractivity contribution in [1.29, 1.82) is 5.26 Å². The minimum absolute atomic E-state index is 0.0537. The molecule has 2 aliphatic rings. The predicted molar refractivity (Wildman–Crippen MR) is 121 cm³/mol. The lowest BCUT2D eigenvalue weighted by molar-refractivity contribution is 0.0765. The number of rotatable bonds is 4. The van der Waals surface area contributed by atoms with Crippen LogP contribution in [0.25, 0.3) is 11.1 Å². The number of amides is 1. The van der Waals surface area contributed by atoms with E-state index in [1.54, 1.807) is 4.90 Å². The monoisotopic (exact) mass is 418 g/mol. The number of carbonyl (C=O) groups excluding carboxylic acids is 1. The van der Waals surface area contributed by atoms with Gasteiger partial charge < -0.3 is 14.9 Å². The van der Waals surface area contributed by atoms with Gasteiger partial charge in [0.15, 0.2) is 0 Å². The molecule has 6 nitrogen and oxygen atoms in total. The summed E-state index contributed by atoms with van der Waals surface area (Å²) in [5.41, 5.74) is 4.24. The summed E-state index contributed by atoms with van der Waals surface area (Å²) < 4.78 is 0. The first-order chi connectivity index (χ1) is 15.0. The van der Waals surface area contributed by atoms with Gasteiger partial charge in [-0.2, -0.15) is 5.26 Å². The molecule has 1 unspecified atom stereocenters. The van der Waals surface area contributed by atoms with Crippen molar-refractivity contribution in [2.75, 3.05) is 46.3 Å². The van der Waals surface area contributed by atoms with Crippen LogP contribution in [0.1, 0.15) is 34.3 Å². The molecular weight excluding hydrogens is 388 g/mol. The Bertz CT molecular complexity index is 966. The summed E-state index contributed by atoms with van der Waals surface area (Å²) in [4.78, 5) is 19.1. The number of aliphatic hydroxyl groups is 1. The maximum atomic E-state index is 12.6. The number of β-amino-alcohol motifs (C(OH)–C–C–N with tert-alkyl or cyclic N) is 1. The van der Waals surface area contributed by atoms with Gasteiger partial charge in [-0.25, -0.2) is 0 Å². The van der Waals surface area contributed by atoms with Crippen LogP contribution in [0.2, 0.25) is 0 Å². The lowest BCUT2D eigenvalue weighted by Gasteiger charge is -2.20. The number of carbonyl (C=O) groups is 1. The van der Waals surface area contributed by atoms with E-state index in [1.807, 2.05) is 36.4 Å². The molecule has 1 atom stereocenters. The summed E-state index contributed by atoms with van der Waals surface area (Å²) in [5, 5.41) is 19.4. The summed E-state index contributed by atoms with van der Waals surface area (Å²) in [7, 11) is 2.17. The molecule has 2 fully saturated rings. The average Bonchev–Trinajstić information content (AvgIpc) is 3.12. The van der Waals surface area contributed by atoms with Gasteiger partial charge in [0.05, 0.1) is 17.7 Å². The van der Waals surface area contributed by atoms with Crippen LogP contribution in [0.4, 0.5) is 0 Å². The van der Waals surface area contributed by atoms with Gasteiger partial charge in [-0.3, -0.25) is 9.69 Å². The second-order valence-corrected chi connectivity index (χ2v) is 8.70. The fourth-order valence-corrected chi connectivity index (χ4v) is 4.45. The molecule has 0 aromatic heterocycles. The largest absolute Gasteiger partial charge is 0.391 e. The van der Waals surface area contributed by atoms with Gasteiger partial charge in [0, 0.05) is 38.3 Å². The smallest absolute Gasteiger partial charge is 0.253 e. The maximum absolute atomic E-state index is 12.6. The Kier molecular flexibility index (Phi) is 6.67. The van der Waals surface area contributed by atoms with Crippen LogP contribution in [-0.4, -0.2) is 78.1 Å². The van der Waals surface area contributed by atoms with E-state index in [4.69, 9.17) is 0 Å². The standard InChI is InChI=1S/C25H30N4O2/c1-27-10-2-11-28(14-13-27)17-19-3-8-24(22(15-19)16-26)20-4-6-21(7-5-20)25(31)29-12-9-23(30)18-29/h3-8,15,23,30H,2,9-14,17-18H2,1H3. The van der Waals surface area contributed by atoms with Gasteiger partial charge in [-0.1, -0.05) is 24.3 Å². The summed E-state index contributed by atoms with van der Waals surface area (Å²) in [5.74, 6) is -0.0537. The zero-order valence-corrected chi connectivity index (χ0v) is 18.1. The second-order valence-electron chi connectivity index (χ2n) is 8.70. The molecule has 2 aromatic rings. The Balaban J connectivity index is 1.48. The van der Waals surface area contributed by atoms with E-state index in [9.17, 15) is 15.2 Å². The fourth-order valence-electron chi connectivity index (χ4n) is 4.45. The molecule has 1 amide bonds. The summed E-state index contributed by atoms with van der Waals surface area (Å²) in [6.45, 7) is 6.18. The van der Waals surface area contributed by atoms with Crippen molar-refractivity contribution in [2.45, 2.75) is 25.5 Å². The number of aliphatic hydroxyl groups excluding tert-OH is 1. The first-order valence-electron chi connectivity index (χ1n) is 11.0. The first kappa shape index (κ1) is 21.5. The van der Waals surface area contributed by atoms with E-state index >= 15 is 0 Å². The van der Waals surface area contributed by atoms with Crippen LogP contribution < -0.4 is 0 Å². The van der Waals surface area contributed by atoms with Crippen LogP contribution in [0.5, 0.6) is 0 Å². The number of hydrogen-bond acceptors (Lipinski definition) is 5. The highest BCUT2D eigenvalue weighted by molar-refractivity contribution is 5.95. The van der Waals surface area contributed by atoms with Gasteiger partial charge in [0.25, 0.3) is 5.91 Å². The molecule has 0 bridgehead atoms. The van der Waals surface area contributed by atoms with E-state index in [0.717, 1.165) is 49.4 Å². The molecular formula is C25H30N4O2. The number of likely N-dealkylation sites (N-methyl/N-ethyl adjacent to an activating group) is 1. The average molecular weight is 419 g/mol. The summed E-state index contributed by atoms with van der Waals surface area (Å²) in [6, 6.07) is 15.9. The van der Waals surface area contributed by atoms with Crippen molar-refractivity contribution in [1.82, 2.24) is 14.7 Å². The molecule has 2 aliphatic heterocycles. The minimum atomic E-state index is -0.421. The van der Waals surface area contributed by atoms with Crippen molar-refractivity contribution in [3.05, 3.63) is 59.2 Å². The maximum Gasteiger partial charge on any atom is 0.253 e. The van der Waals surface area contributed by atoms with E-state index in [1.165, 1.54) is 6.42 Å². The number of hydrogen-bond donors (Lipinski definition) is 1. The van der Waals surface area contributed by atoms with Crippen LogP contribution in [0, 0.1) is 11.3 Å². The molecule has 1 N–H and O–H groups in total. The molecule has 4 rings (SSSR count). The van der Waals surface area contributed by atoms with E-state index in [-0.39, 0.29) is 5.91 Å². The third kappa shape index (κ3) is 5.13. The molecule has 162 valence electrons. The second kappa shape index (κ2) is 9.61. The lowest BCUT2D eigenvalue weighted by Crippen LogP contribution is -2.29. The van der Waals surface area contributed by atoms with Crippen LogP contribution in [-0.2, 0) is 6.54 Å². The highest BCUT2D eigenvalue weighted by atomic mass is 16.3. The number of benzene rings is 2. The van der Waals surface area contributed by atoms with Crippen molar-refractivity contribution in [3.63, 3.8) is 0 Å². The van der Waals surface area contributed by atoms with E-state index in [2.05, 4.69) is 29.0 Å². The Labute approximate surface area is 184 Å². The van der Waals surface area contributed by atoms with Crippen molar-refractivity contribution in [3.8, 4) is 17.2 Å². The van der Waals surface area contributed by atoms with Gasteiger partial charge in [0.1, 0.15) is 0 Å². The SMILES string of the molecule is CN1CCCN(Cc2ccc(-c3ccc(C(=O)N4CCC(O)C4)cc3)c(C#N)c2)CC1. The molecule has 0 radical (unpaired) electrons. The molecule has 0 spiro atoms. The highest BCUT2D eigenvalue weighted by Crippen LogP contribution is 2.26. The number of nitrogens with zero attached hydrogens (tertiary/aromatic N) is 4. The van der Waals surface area contributed by atoms with Gasteiger partial charge >= 0.3 is 0 Å². The molecule has 2 heterocycles. The number of likely N-dealkylation sites (tertiary alicyclic amines) is 1. The van der Waals surface area contributed by atoms with Crippen molar-refractivity contribution < 1.29 is 9.90 Å². The van der Waals surface area contributed by atoms with Gasteiger partial charge in [-0.15, -0.1) is 0 Å². The molecule has 31 heavy (non-hydrogen) atoms. The molecule has 0 aliphatic carbocycles. The van der Waals surface area contributed by atoms with E-state index < -0.39 is 6.10 Å². The Morgan fingerprint density at radius 1 is 1.10 bits per heavy atom. The Morgan fingerprint density at radius 3 is 2.61 bits per heavy atom. The molecule has 2 aromatic carbocycles. The van der Waals surface area contributed by atoms with Gasteiger partial charge in [-0.05, 0) is 67.9 Å². The zero-order valence-electron chi connectivity index (χ0n) is 18.1. The Morgan fingerprint density at radius 2 is 1.90 bits per heavy atom. The molecule has 2 saturated heterocycles. The summed E-state index contributed by atoms with van der Waals surface area (Å²) >= 11 is 0. The quantitative estimate of drug-likeness (QED) is 0.826. The fraction of sp³-hybridized carbons (Fsp3) is 0.440. The normalized spacial score (nSPS) is 20.4. The van der Waals surface area contributed by atoms with Crippen LogP contribution >= 0.6 is 0 Å². The minimum Gasteiger partial charge on any atom is -0.391 e. The highest BCUT2D eigenvalue weighted by Gasteiger charge is 2.25. The predicted octanol–water partition coefficient (Wildman–Crippen LogP) is 2.57. The molecule has 6 heteroatoms. The molecule has 0 saturated carbocycles. The number of nitriles is 1.